The maximum atomic E-state index is 13.0. The largest absolute Gasteiger partial charge is 0.495 e. The molecule has 0 aromatic heterocycles. The predicted molar refractivity (Wildman–Crippen MR) is 129 cm³/mol. The van der Waals surface area contributed by atoms with Crippen molar-refractivity contribution in [2.75, 3.05) is 20.2 Å². The van der Waals surface area contributed by atoms with Crippen LogP contribution in [-0.2, 0) is 11.3 Å². The average Bonchev–Trinajstić information content (AvgIpc) is 2.82. The minimum absolute atomic E-state index is 0.0640. The summed E-state index contributed by atoms with van der Waals surface area (Å²) in [7, 11) is 1.44. The zero-order valence-corrected chi connectivity index (χ0v) is 20.8. The van der Waals surface area contributed by atoms with E-state index in [0.29, 0.717) is 36.4 Å². The molecule has 0 aliphatic carbocycles. The Bertz CT molecular complexity index is 1110. The molecule has 188 valence electrons. The third kappa shape index (κ3) is 5.37. The number of hydrogen-bond donors (Lipinski definition) is 1. The van der Waals surface area contributed by atoms with Crippen molar-refractivity contribution < 1.29 is 33.6 Å². The number of piperidine rings is 1. The maximum absolute atomic E-state index is 13.0. The number of methoxy groups -OCH3 is 1. The van der Waals surface area contributed by atoms with Crippen molar-refractivity contribution in [1.82, 2.24) is 4.90 Å². The first-order valence-electron chi connectivity index (χ1n) is 12.1. The normalized spacial score (nSPS) is 16.3. The number of carbonyl (C=O) groups is 2. The van der Waals surface area contributed by atoms with Crippen LogP contribution in [0.3, 0.4) is 0 Å². The first-order chi connectivity index (χ1) is 16.8. The summed E-state index contributed by atoms with van der Waals surface area (Å²) in [6.07, 6.45) is 2.26. The van der Waals surface area contributed by atoms with Crippen molar-refractivity contribution in [3.8, 4) is 23.0 Å². The average molecular weight is 484 g/mol. The van der Waals surface area contributed by atoms with E-state index in [1.54, 1.807) is 23.1 Å². The topological polar surface area (TPSA) is 94.5 Å². The van der Waals surface area contributed by atoms with Gasteiger partial charge in [0.2, 0.25) is 0 Å². The second-order valence-corrected chi connectivity index (χ2v) is 9.55. The molecule has 0 bridgehead atoms. The number of aryl methyl sites for hydroxylation is 1. The number of amides is 1. The highest BCUT2D eigenvalue weighted by Gasteiger charge is 2.31. The standard InChI is InChI=1S/C27H33NO7/c1-16(2)12-20(29)19-8-9-21-23(25(19)32-4)26(30)33-15-18-13-17(3)14-22(24(18)34-21)35-27(31)28-10-6-5-7-11-28/h8-9,13-14,16,20,29H,5-7,10-12,15H2,1-4H3/t20-/m0/s1. The number of cyclic esters (lactones) is 1. The summed E-state index contributed by atoms with van der Waals surface area (Å²) < 4.78 is 23.2. The molecular weight excluding hydrogens is 450 g/mol. The Kier molecular flexibility index (Phi) is 7.50. The summed E-state index contributed by atoms with van der Waals surface area (Å²) in [6, 6.07) is 6.88. The Morgan fingerprint density at radius 3 is 2.60 bits per heavy atom. The fourth-order valence-electron chi connectivity index (χ4n) is 4.59. The van der Waals surface area contributed by atoms with Crippen LogP contribution in [0.15, 0.2) is 24.3 Å². The van der Waals surface area contributed by atoms with Gasteiger partial charge in [-0.1, -0.05) is 13.8 Å². The van der Waals surface area contributed by atoms with Crippen LogP contribution in [-0.4, -0.2) is 42.3 Å². The summed E-state index contributed by atoms with van der Waals surface area (Å²) >= 11 is 0. The molecule has 0 spiro atoms. The molecule has 1 fully saturated rings. The van der Waals surface area contributed by atoms with Crippen molar-refractivity contribution >= 4 is 12.1 Å². The summed E-state index contributed by atoms with van der Waals surface area (Å²) in [6.45, 7) is 7.14. The molecule has 1 amide bonds. The van der Waals surface area contributed by atoms with E-state index in [1.165, 1.54) is 7.11 Å². The quantitative estimate of drug-likeness (QED) is 0.559. The van der Waals surface area contributed by atoms with Crippen LogP contribution in [0.5, 0.6) is 23.0 Å². The number of esters is 1. The molecule has 1 saturated heterocycles. The van der Waals surface area contributed by atoms with Gasteiger partial charge in [0.15, 0.2) is 11.5 Å². The number of rotatable bonds is 5. The minimum Gasteiger partial charge on any atom is -0.495 e. The third-order valence-corrected chi connectivity index (χ3v) is 6.27. The van der Waals surface area contributed by atoms with Gasteiger partial charge in [0.25, 0.3) is 0 Å². The fraction of sp³-hybridized carbons (Fsp3) is 0.481. The lowest BCUT2D eigenvalue weighted by Crippen LogP contribution is -2.37. The highest BCUT2D eigenvalue weighted by atomic mass is 16.6. The molecule has 2 aromatic carbocycles. The molecule has 35 heavy (non-hydrogen) atoms. The van der Waals surface area contributed by atoms with E-state index in [4.69, 9.17) is 18.9 Å². The van der Waals surface area contributed by atoms with Crippen LogP contribution in [0.2, 0.25) is 0 Å². The second kappa shape index (κ2) is 10.6. The van der Waals surface area contributed by atoms with Crippen LogP contribution in [0.4, 0.5) is 4.79 Å². The minimum atomic E-state index is -0.815. The Morgan fingerprint density at radius 1 is 1.17 bits per heavy atom. The number of aliphatic hydroxyl groups is 1. The van der Waals surface area contributed by atoms with E-state index in [-0.39, 0.29) is 35.3 Å². The summed E-state index contributed by atoms with van der Waals surface area (Å²) in [5.41, 5.74) is 2.01. The van der Waals surface area contributed by atoms with Gasteiger partial charge in [0.1, 0.15) is 23.7 Å². The van der Waals surface area contributed by atoms with Crippen LogP contribution >= 0.6 is 0 Å². The number of benzene rings is 2. The van der Waals surface area contributed by atoms with E-state index in [0.717, 1.165) is 24.8 Å². The Labute approximate surface area is 205 Å². The highest BCUT2D eigenvalue weighted by Crippen LogP contribution is 2.44. The lowest BCUT2D eigenvalue weighted by Gasteiger charge is -2.27. The van der Waals surface area contributed by atoms with Gasteiger partial charge < -0.3 is 29.0 Å². The number of hydrogen-bond acceptors (Lipinski definition) is 7. The van der Waals surface area contributed by atoms with E-state index in [1.807, 2.05) is 26.8 Å². The van der Waals surface area contributed by atoms with Gasteiger partial charge >= 0.3 is 12.1 Å². The number of fused-ring (bicyclic) bond motifs is 2. The number of likely N-dealkylation sites (tertiary alicyclic amines) is 1. The molecule has 2 aromatic rings. The molecule has 0 unspecified atom stereocenters. The molecule has 2 aliphatic rings. The van der Waals surface area contributed by atoms with Gasteiger partial charge in [-0.05, 0) is 68.4 Å². The van der Waals surface area contributed by atoms with E-state index < -0.39 is 18.2 Å². The van der Waals surface area contributed by atoms with Crippen molar-refractivity contribution in [2.45, 2.75) is 59.2 Å². The van der Waals surface area contributed by atoms with Gasteiger partial charge in [-0.2, -0.15) is 0 Å². The number of carbonyl (C=O) groups excluding carboxylic acids is 2. The Hall–Kier alpha value is -3.26. The van der Waals surface area contributed by atoms with E-state index in [9.17, 15) is 14.7 Å². The van der Waals surface area contributed by atoms with Crippen molar-refractivity contribution in [3.05, 3.63) is 46.5 Å². The lowest BCUT2D eigenvalue weighted by atomic mass is 9.96. The SMILES string of the molecule is COc1c([C@@H](O)CC(C)C)ccc2c1C(=O)OCc1cc(C)cc(OC(=O)N3CCCCC3)c1O2. The van der Waals surface area contributed by atoms with Crippen molar-refractivity contribution in [3.63, 3.8) is 0 Å². The van der Waals surface area contributed by atoms with Gasteiger partial charge in [-0.25, -0.2) is 9.59 Å². The molecule has 0 saturated carbocycles. The summed E-state index contributed by atoms with van der Waals surface area (Å²) in [4.78, 5) is 27.6. The zero-order valence-electron chi connectivity index (χ0n) is 20.8. The van der Waals surface area contributed by atoms with Crippen molar-refractivity contribution in [1.29, 1.82) is 0 Å². The molecule has 1 N–H and O–H groups in total. The van der Waals surface area contributed by atoms with Crippen LogP contribution in [0.1, 0.15) is 72.7 Å². The third-order valence-electron chi connectivity index (χ3n) is 6.27. The van der Waals surface area contributed by atoms with Gasteiger partial charge in [-0.3, -0.25) is 0 Å². The van der Waals surface area contributed by atoms with Gasteiger partial charge in [-0.15, -0.1) is 0 Å². The molecule has 0 radical (unpaired) electrons. The zero-order chi connectivity index (χ0) is 25.1. The monoisotopic (exact) mass is 483 g/mol. The van der Waals surface area contributed by atoms with Crippen LogP contribution in [0, 0.1) is 12.8 Å². The van der Waals surface area contributed by atoms with Gasteiger partial charge in [0.05, 0.1) is 13.2 Å². The molecule has 4 rings (SSSR count). The Balaban J connectivity index is 1.73. The van der Waals surface area contributed by atoms with Crippen LogP contribution in [0.25, 0.3) is 0 Å². The Morgan fingerprint density at radius 2 is 1.91 bits per heavy atom. The highest BCUT2D eigenvalue weighted by molar-refractivity contribution is 5.96. The molecule has 2 aliphatic heterocycles. The first kappa shape index (κ1) is 24.9. The fourth-order valence-corrected chi connectivity index (χ4v) is 4.59. The molecule has 8 heteroatoms. The summed E-state index contributed by atoms with van der Waals surface area (Å²) in [5.74, 6) is 0.617. The van der Waals surface area contributed by atoms with Gasteiger partial charge in [0, 0.05) is 24.2 Å². The second-order valence-electron chi connectivity index (χ2n) is 9.55. The van der Waals surface area contributed by atoms with Crippen molar-refractivity contribution in [2.24, 2.45) is 5.92 Å². The number of aliphatic hydroxyl groups excluding tert-OH is 1. The molecule has 8 nitrogen and oxygen atoms in total. The van der Waals surface area contributed by atoms with E-state index >= 15 is 0 Å². The predicted octanol–water partition coefficient (Wildman–Crippen LogP) is 5.53. The molecule has 2 heterocycles. The number of ether oxygens (including phenoxy) is 4. The first-order valence-corrected chi connectivity index (χ1v) is 12.1. The molecule has 1 atom stereocenters. The number of nitrogens with zero attached hydrogens (tertiary/aromatic N) is 1. The van der Waals surface area contributed by atoms with E-state index in [2.05, 4.69) is 0 Å². The van der Waals surface area contributed by atoms with Crippen LogP contribution < -0.4 is 14.2 Å². The maximum Gasteiger partial charge on any atom is 0.415 e. The lowest BCUT2D eigenvalue weighted by molar-refractivity contribution is 0.0453. The molecular formula is C27H33NO7. The smallest absolute Gasteiger partial charge is 0.415 e. The summed E-state index contributed by atoms with van der Waals surface area (Å²) in [5, 5.41) is 10.7.